The summed E-state index contributed by atoms with van der Waals surface area (Å²) < 4.78 is 0. The fourth-order valence-electron chi connectivity index (χ4n) is 3.02. The lowest BCUT2D eigenvalue weighted by atomic mass is 9.78. The van der Waals surface area contributed by atoms with Crippen molar-refractivity contribution in [2.45, 2.75) is 65.5 Å². The van der Waals surface area contributed by atoms with Gasteiger partial charge in [-0.05, 0) is 40.5 Å². The van der Waals surface area contributed by atoms with Crippen LogP contribution in [0.5, 0.6) is 0 Å². The molecule has 0 saturated heterocycles. The highest BCUT2D eigenvalue weighted by atomic mass is 16.4. The predicted molar refractivity (Wildman–Crippen MR) is 70.2 cm³/mol. The normalized spacial score (nSPS) is 24.3. The van der Waals surface area contributed by atoms with Crippen LogP contribution in [0, 0.1) is 11.8 Å². The Morgan fingerprint density at radius 2 is 1.44 bits per heavy atom. The van der Waals surface area contributed by atoms with Crippen LogP contribution in [-0.4, -0.2) is 34.0 Å². The van der Waals surface area contributed by atoms with E-state index in [4.69, 9.17) is 0 Å². The maximum absolute atomic E-state index is 12.6. The molecule has 0 aromatic rings. The lowest BCUT2D eigenvalue weighted by Crippen LogP contribution is -2.48. The summed E-state index contributed by atoms with van der Waals surface area (Å²) >= 11 is 0. The number of carboxylic acids is 1. The minimum absolute atomic E-state index is 0.0205. The van der Waals surface area contributed by atoms with Crippen molar-refractivity contribution in [1.82, 2.24) is 4.90 Å². The highest BCUT2D eigenvalue weighted by molar-refractivity contribution is 5.85. The molecule has 0 heterocycles. The molecule has 1 aliphatic carbocycles. The minimum Gasteiger partial charge on any atom is -0.481 e. The third-order valence-corrected chi connectivity index (χ3v) is 3.77. The Labute approximate surface area is 109 Å². The Morgan fingerprint density at radius 1 is 1.00 bits per heavy atom. The van der Waals surface area contributed by atoms with Gasteiger partial charge in [0.15, 0.2) is 0 Å². The van der Waals surface area contributed by atoms with Crippen molar-refractivity contribution in [1.29, 1.82) is 0 Å². The number of rotatable bonds is 4. The van der Waals surface area contributed by atoms with Crippen LogP contribution >= 0.6 is 0 Å². The number of hydrogen-bond acceptors (Lipinski definition) is 2. The molecule has 18 heavy (non-hydrogen) atoms. The third kappa shape index (κ3) is 3.24. The fraction of sp³-hybridized carbons (Fsp3) is 0.857. The topological polar surface area (TPSA) is 57.6 Å². The second-order valence-corrected chi connectivity index (χ2v) is 5.77. The van der Waals surface area contributed by atoms with E-state index in [0.717, 1.165) is 12.8 Å². The van der Waals surface area contributed by atoms with E-state index in [1.54, 1.807) is 0 Å². The van der Waals surface area contributed by atoms with Gasteiger partial charge in [0.05, 0.1) is 11.8 Å². The van der Waals surface area contributed by atoms with Gasteiger partial charge in [-0.15, -0.1) is 0 Å². The molecule has 1 aliphatic rings. The highest BCUT2D eigenvalue weighted by Gasteiger charge is 2.38. The first-order valence-corrected chi connectivity index (χ1v) is 6.91. The van der Waals surface area contributed by atoms with Gasteiger partial charge in [-0.1, -0.05) is 12.8 Å². The highest BCUT2D eigenvalue weighted by Crippen LogP contribution is 2.32. The zero-order valence-corrected chi connectivity index (χ0v) is 11.8. The molecule has 104 valence electrons. The van der Waals surface area contributed by atoms with Crippen molar-refractivity contribution in [2.75, 3.05) is 0 Å². The summed E-state index contributed by atoms with van der Waals surface area (Å²) in [6, 6.07) is 0.239. The molecule has 1 rings (SSSR count). The van der Waals surface area contributed by atoms with Crippen molar-refractivity contribution in [3.05, 3.63) is 0 Å². The zero-order valence-electron chi connectivity index (χ0n) is 11.8. The second-order valence-electron chi connectivity index (χ2n) is 5.77. The van der Waals surface area contributed by atoms with Crippen LogP contribution in [0.25, 0.3) is 0 Å². The molecule has 1 amide bonds. The van der Waals surface area contributed by atoms with Crippen molar-refractivity contribution >= 4 is 11.9 Å². The maximum Gasteiger partial charge on any atom is 0.307 e. The summed E-state index contributed by atoms with van der Waals surface area (Å²) in [6.45, 7) is 7.93. The van der Waals surface area contributed by atoms with E-state index >= 15 is 0 Å². The number of hydrogen-bond donors (Lipinski definition) is 1. The van der Waals surface area contributed by atoms with Crippen molar-refractivity contribution in [3.8, 4) is 0 Å². The summed E-state index contributed by atoms with van der Waals surface area (Å²) in [4.78, 5) is 25.6. The van der Waals surface area contributed by atoms with Crippen LogP contribution in [0.15, 0.2) is 0 Å². The Morgan fingerprint density at radius 3 is 1.83 bits per heavy atom. The van der Waals surface area contributed by atoms with E-state index in [2.05, 4.69) is 0 Å². The molecule has 1 N–H and O–H groups in total. The first-order chi connectivity index (χ1) is 8.36. The molecule has 0 aliphatic heterocycles. The number of amides is 1. The lowest BCUT2D eigenvalue weighted by molar-refractivity contribution is -0.154. The van der Waals surface area contributed by atoms with E-state index in [9.17, 15) is 14.7 Å². The molecule has 0 radical (unpaired) electrons. The first kappa shape index (κ1) is 15.0. The summed E-state index contributed by atoms with van der Waals surface area (Å²) in [6.07, 6.45) is 3.23. The Kier molecular flexibility index (Phi) is 5.17. The van der Waals surface area contributed by atoms with Crippen LogP contribution in [0.1, 0.15) is 53.4 Å². The molecule has 2 atom stereocenters. The maximum atomic E-state index is 12.6. The van der Waals surface area contributed by atoms with E-state index in [-0.39, 0.29) is 23.9 Å². The fourth-order valence-corrected chi connectivity index (χ4v) is 3.02. The van der Waals surface area contributed by atoms with Crippen LogP contribution in [0.4, 0.5) is 0 Å². The number of carboxylic acid groups (broad SMARTS) is 1. The van der Waals surface area contributed by atoms with E-state index in [0.29, 0.717) is 12.8 Å². The molecule has 4 heteroatoms. The molecule has 4 nitrogen and oxygen atoms in total. The molecule has 0 aromatic carbocycles. The van der Waals surface area contributed by atoms with Gasteiger partial charge in [0, 0.05) is 12.1 Å². The molecule has 0 aromatic heterocycles. The summed E-state index contributed by atoms with van der Waals surface area (Å²) in [5.74, 6) is -1.63. The van der Waals surface area contributed by atoms with Crippen molar-refractivity contribution in [3.63, 3.8) is 0 Å². The Balaban J connectivity index is 2.88. The molecular weight excluding hydrogens is 230 g/mol. The van der Waals surface area contributed by atoms with Gasteiger partial charge in [0.25, 0.3) is 0 Å². The van der Waals surface area contributed by atoms with E-state index < -0.39 is 11.9 Å². The van der Waals surface area contributed by atoms with E-state index in [1.807, 2.05) is 32.6 Å². The third-order valence-electron chi connectivity index (χ3n) is 3.77. The van der Waals surface area contributed by atoms with Crippen molar-refractivity contribution < 1.29 is 14.7 Å². The van der Waals surface area contributed by atoms with Crippen molar-refractivity contribution in [2.24, 2.45) is 11.8 Å². The van der Waals surface area contributed by atoms with Crippen LogP contribution < -0.4 is 0 Å². The number of carbonyl (C=O) groups excluding carboxylic acids is 1. The number of nitrogens with zero attached hydrogens (tertiary/aromatic N) is 1. The molecular formula is C14H25NO3. The first-order valence-electron chi connectivity index (χ1n) is 6.91. The number of aliphatic carboxylic acids is 1. The van der Waals surface area contributed by atoms with Crippen LogP contribution in [-0.2, 0) is 9.59 Å². The number of carbonyl (C=O) groups is 2. The average Bonchev–Trinajstić information content (AvgIpc) is 2.27. The van der Waals surface area contributed by atoms with Crippen LogP contribution in [0.3, 0.4) is 0 Å². The monoisotopic (exact) mass is 255 g/mol. The largest absolute Gasteiger partial charge is 0.481 e. The molecule has 1 fully saturated rings. The summed E-state index contributed by atoms with van der Waals surface area (Å²) in [7, 11) is 0. The lowest BCUT2D eigenvalue weighted by Gasteiger charge is -2.37. The molecule has 1 saturated carbocycles. The van der Waals surface area contributed by atoms with Gasteiger partial charge in [-0.3, -0.25) is 9.59 Å². The predicted octanol–water partition coefficient (Wildman–Crippen LogP) is 2.52. The molecule has 0 unspecified atom stereocenters. The molecule has 0 spiro atoms. The van der Waals surface area contributed by atoms with Gasteiger partial charge in [-0.2, -0.15) is 0 Å². The van der Waals surface area contributed by atoms with Crippen LogP contribution in [0.2, 0.25) is 0 Å². The van der Waals surface area contributed by atoms with Gasteiger partial charge in [0.1, 0.15) is 0 Å². The quantitative estimate of drug-likeness (QED) is 0.839. The molecule has 0 bridgehead atoms. The van der Waals surface area contributed by atoms with Gasteiger partial charge in [-0.25, -0.2) is 0 Å². The summed E-state index contributed by atoms with van der Waals surface area (Å²) in [5.41, 5.74) is 0. The standard InChI is InChI=1S/C14H25NO3/c1-9(2)15(10(3)4)13(16)11-7-5-6-8-12(11)14(17)18/h9-12H,5-8H2,1-4H3,(H,17,18)/t11-,12+/m0/s1. The zero-order chi connectivity index (χ0) is 13.9. The second kappa shape index (κ2) is 6.21. The SMILES string of the molecule is CC(C)N(C(=O)[C@H]1CCCC[C@H]1C(=O)O)C(C)C. The van der Waals surface area contributed by atoms with Gasteiger partial charge in [0.2, 0.25) is 5.91 Å². The Hall–Kier alpha value is -1.06. The smallest absolute Gasteiger partial charge is 0.307 e. The van der Waals surface area contributed by atoms with Gasteiger partial charge < -0.3 is 10.0 Å². The Bertz CT molecular complexity index is 304. The van der Waals surface area contributed by atoms with E-state index in [1.165, 1.54) is 0 Å². The minimum atomic E-state index is -0.819. The van der Waals surface area contributed by atoms with Gasteiger partial charge >= 0.3 is 5.97 Å². The average molecular weight is 255 g/mol. The summed E-state index contributed by atoms with van der Waals surface area (Å²) in [5, 5.41) is 9.25.